The molecule has 0 saturated carbocycles. The van der Waals surface area contributed by atoms with Crippen LogP contribution in [0.4, 0.5) is 0 Å². The van der Waals surface area contributed by atoms with E-state index in [9.17, 15) is 0 Å². The normalized spacial score (nSPS) is 10.8. The van der Waals surface area contributed by atoms with Crippen molar-refractivity contribution in [1.82, 2.24) is 15.0 Å². The highest BCUT2D eigenvalue weighted by Gasteiger charge is 2.09. The molecule has 0 N–H and O–H groups in total. The summed E-state index contributed by atoms with van der Waals surface area (Å²) < 4.78 is 6.24. The van der Waals surface area contributed by atoms with E-state index in [0.29, 0.717) is 6.61 Å². The molecule has 0 aromatic carbocycles. The first kappa shape index (κ1) is 13.9. The Hall–Kier alpha value is -1.49. The second-order valence-corrected chi connectivity index (χ2v) is 5.24. The Balaban J connectivity index is 2.43. The predicted octanol–water partition coefficient (Wildman–Crippen LogP) is 3.82. The summed E-state index contributed by atoms with van der Waals surface area (Å²) in [6, 6.07) is 3.83. The van der Waals surface area contributed by atoms with E-state index >= 15 is 0 Å². The molecule has 0 aliphatic carbocycles. The third-order valence-electron chi connectivity index (χ3n) is 2.55. The van der Waals surface area contributed by atoms with E-state index in [2.05, 4.69) is 44.7 Å². The van der Waals surface area contributed by atoms with Crippen LogP contribution in [0.3, 0.4) is 0 Å². The van der Waals surface area contributed by atoms with Gasteiger partial charge in [-0.1, -0.05) is 13.8 Å². The first-order valence-electron chi connectivity index (χ1n) is 6.23. The molecule has 100 valence electrons. The largest absolute Gasteiger partial charge is 0.492 e. The van der Waals surface area contributed by atoms with Crippen LogP contribution in [0.5, 0.6) is 5.75 Å². The summed E-state index contributed by atoms with van der Waals surface area (Å²) in [7, 11) is 0. The van der Waals surface area contributed by atoms with E-state index < -0.39 is 0 Å². The molecular formula is C14H16BrN3O. The summed E-state index contributed by atoms with van der Waals surface area (Å²) in [4.78, 5) is 13.1. The molecule has 0 unspecified atom stereocenters. The predicted molar refractivity (Wildman–Crippen MR) is 78.2 cm³/mol. The maximum atomic E-state index is 5.46. The lowest BCUT2D eigenvalue weighted by molar-refractivity contribution is 0.339. The topological polar surface area (TPSA) is 47.9 Å². The summed E-state index contributed by atoms with van der Waals surface area (Å²) in [5, 5.41) is 0. The van der Waals surface area contributed by atoms with Gasteiger partial charge in [0, 0.05) is 17.7 Å². The van der Waals surface area contributed by atoms with Crippen molar-refractivity contribution in [3.63, 3.8) is 0 Å². The van der Waals surface area contributed by atoms with Crippen molar-refractivity contribution < 1.29 is 4.74 Å². The Labute approximate surface area is 121 Å². The third kappa shape index (κ3) is 3.50. The van der Waals surface area contributed by atoms with Gasteiger partial charge in [0.25, 0.3) is 0 Å². The molecule has 19 heavy (non-hydrogen) atoms. The summed E-state index contributed by atoms with van der Waals surface area (Å²) in [6.07, 6.45) is 3.48. The van der Waals surface area contributed by atoms with Crippen molar-refractivity contribution in [3.8, 4) is 17.0 Å². The first-order valence-corrected chi connectivity index (χ1v) is 7.02. The summed E-state index contributed by atoms with van der Waals surface area (Å²) in [5.74, 6) is 1.84. The molecule has 2 heterocycles. The van der Waals surface area contributed by atoms with Crippen LogP contribution in [0.2, 0.25) is 0 Å². The molecule has 4 nitrogen and oxygen atoms in total. The second-order valence-electron chi connectivity index (χ2n) is 4.43. The van der Waals surface area contributed by atoms with Gasteiger partial charge in [-0.15, -0.1) is 0 Å². The van der Waals surface area contributed by atoms with Crippen molar-refractivity contribution in [3.05, 3.63) is 35.0 Å². The molecule has 2 rings (SSSR count). The van der Waals surface area contributed by atoms with Crippen LogP contribution >= 0.6 is 15.9 Å². The monoisotopic (exact) mass is 321 g/mol. The van der Waals surface area contributed by atoms with Gasteiger partial charge in [-0.2, -0.15) is 0 Å². The van der Waals surface area contributed by atoms with Crippen molar-refractivity contribution in [2.75, 3.05) is 6.61 Å². The summed E-state index contributed by atoms with van der Waals surface area (Å²) in [5.41, 5.74) is 1.77. The average Bonchev–Trinajstić information content (AvgIpc) is 2.38. The number of aromatic nitrogens is 3. The van der Waals surface area contributed by atoms with Gasteiger partial charge in [-0.3, -0.25) is 4.98 Å². The molecule has 5 heteroatoms. The Morgan fingerprint density at radius 3 is 2.68 bits per heavy atom. The SMILES string of the molecule is CCOc1cncc(-c2cc(Br)nc(C(C)C)n2)c1. The van der Waals surface area contributed by atoms with Gasteiger partial charge >= 0.3 is 0 Å². The smallest absolute Gasteiger partial charge is 0.138 e. The van der Waals surface area contributed by atoms with Gasteiger partial charge < -0.3 is 4.74 Å². The van der Waals surface area contributed by atoms with Crippen LogP contribution in [-0.4, -0.2) is 21.6 Å². The Bertz CT molecular complexity index is 572. The summed E-state index contributed by atoms with van der Waals surface area (Å²) >= 11 is 3.43. The quantitative estimate of drug-likeness (QED) is 0.803. The molecular weight excluding hydrogens is 306 g/mol. The molecule has 0 atom stereocenters. The lowest BCUT2D eigenvalue weighted by atomic mass is 10.1. The number of nitrogens with zero attached hydrogens (tertiary/aromatic N) is 3. The van der Waals surface area contributed by atoms with Crippen LogP contribution < -0.4 is 4.74 Å². The lowest BCUT2D eigenvalue weighted by Gasteiger charge is -2.09. The zero-order valence-electron chi connectivity index (χ0n) is 11.2. The van der Waals surface area contributed by atoms with Crippen LogP contribution in [0.1, 0.15) is 32.5 Å². The van der Waals surface area contributed by atoms with Crippen molar-refractivity contribution >= 4 is 15.9 Å². The Kier molecular flexibility index (Phi) is 4.47. The number of ether oxygens (including phenoxy) is 1. The van der Waals surface area contributed by atoms with E-state index in [4.69, 9.17) is 4.74 Å². The standard InChI is InChI=1S/C14H16BrN3O/c1-4-19-11-5-10(7-16-8-11)12-6-13(15)18-14(17-12)9(2)3/h5-9H,4H2,1-3H3. The number of hydrogen-bond acceptors (Lipinski definition) is 4. The van der Waals surface area contributed by atoms with Gasteiger partial charge in [-0.05, 0) is 35.0 Å². The number of halogens is 1. The maximum Gasteiger partial charge on any atom is 0.138 e. The minimum absolute atomic E-state index is 0.277. The highest BCUT2D eigenvalue weighted by atomic mass is 79.9. The Morgan fingerprint density at radius 2 is 2.00 bits per heavy atom. The number of pyridine rings is 1. The minimum Gasteiger partial charge on any atom is -0.492 e. The molecule has 0 aliphatic rings. The highest BCUT2D eigenvalue weighted by molar-refractivity contribution is 9.10. The maximum absolute atomic E-state index is 5.46. The van der Waals surface area contributed by atoms with E-state index in [0.717, 1.165) is 27.4 Å². The van der Waals surface area contributed by atoms with Crippen LogP contribution in [-0.2, 0) is 0 Å². The molecule has 0 radical (unpaired) electrons. The number of rotatable bonds is 4. The zero-order chi connectivity index (χ0) is 13.8. The third-order valence-corrected chi connectivity index (χ3v) is 2.95. The van der Waals surface area contributed by atoms with Crippen molar-refractivity contribution in [2.24, 2.45) is 0 Å². The van der Waals surface area contributed by atoms with Gasteiger partial charge in [-0.25, -0.2) is 9.97 Å². The van der Waals surface area contributed by atoms with Gasteiger partial charge in [0.1, 0.15) is 16.2 Å². The minimum atomic E-state index is 0.277. The van der Waals surface area contributed by atoms with Crippen LogP contribution in [0.25, 0.3) is 11.3 Å². The number of hydrogen-bond donors (Lipinski definition) is 0. The molecule has 0 amide bonds. The molecule has 0 saturated heterocycles. The molecule has 2 aromatic rings. The highest BCUT2D eigenvalue weighted by Crippen LogP contribution is 2.24. The second kappa shape index (κ2) is 6.10. The van der Waals surface area contributed by atoms with E-state index in [1.165, 1.54) is 0 Å². The fourth-order valence-electron chi connectivity index (χ4n) is 1.65. The van der Waals surface area contributed by atoms with E-state index in [1.54, 1.807) is 12.4 Å². The molecule has 0 fully saturated rings. The van der Waals surface area contributed by atoms with Gasteiger partial charge in [0.05, 0.1) is 18.5 Å². The van der Waals surface area contributed by atoms with E-state index in [1.807, 2.05) is 19.1 Å². The lowest BCUT2D eigenvalue weighted by Crippen LogP contribution is -2.00. The van der Waals surface area contributed by atoms with Crippen molar-refractivity contribution in [2.45, 2.75) is 26.7 Å². The zero-order valence-corrected chi connectivity index (χ0v) is 12.8. The molecule has 0 bridgehead atoms. The van der Waals surface area contributed by atoms with Gasteiger partial charge in [0.2, 0.25) is 0 Å². The van der Waals surface area contributed by atoms with E-state index in [-0.39, 0.29) is 5.92 Å². The first-order chi connectivity index (χ1) is 9.10. The molecule has 2 aromatic heterocycles. The molecule has 0 aliphatic heterocycles. The fourth-order valence-corrected chi connectivity index (χ4v) is 2.04. The molecule has 0 spiro atoms. The van der Waals surface area contributed by atoms with Crippen LogP contribution in [0, 0.1) is 0 Å². The fraction of sp³-hybridized carbons (Fsp3) is 0.357. The Morgan fingerprint density at radius 1 is 1.21 bits per heavy atom. The summed E-state index contributed by atoms with van der Waals surface area (Å²) in [6.45, 7) is 6.71. The van der Waals surface area contributed by atoms with Gasteiger partial charge in [0.15, 0.2) is 0 Å². The average molecular weight is 322 g/mol. The van der Waals surface area contributed by atoms with Crippen molar-refractivity contribution in [1.29, 1.82) is 0 Å². The van der Waals surface area contributed by atoms with Crippen LogP contribution in [0.15, 0.2) is 29.1 Å².